The Morgan fingerprint density at radius 1 is 1.30 bits per heavy atom. The molecule has 20 heavy (non-hydrogen) atoms. The number of hydrogen-bond donors (Lipinski definition) is 1. The van der Waals surface area contributed by atoms with Crippen molar-refractivity contribution in [3.63, 3.8) is 0 Å². The lowest BCUT2D eigenvalue weighted by molar-refractivity contribution is 0.265. The van der Waals surface area contributed by atoms with Crippen LogP contribution in [0.1, 0.15) is 5.76 Å². The summed E-state index contributed by atoms with van der Waals surface area (Å²) >= 11 is 12.1. The molecule has 1 amide bonds. The third kappa shape index (κ3) is 2.80. The monoisotopic (exact) mass is 321 g/mol. The van der Waals surface area contributed by atoms with E-state index < -0.39 is 0 Å². The zero-order chi connectivity index (χ0) is 14.1. The summed E-state index contributed by atoms with van der Waals surface area (Å²) in [5.74, 6) is 1.36. The molecule has 0 atom stereocenters. The van der Waals surface area contributed by atoms with E-state index in [1.807, 2.05) is 36.4 Å². The summed E-state index contributed by atoms with van der Waals surface area (Å²) in [6.45, 7) is 0. The molecule has 2 aromatic rings. The lowest BCUT2D eigenvalue weighted by Crippen LogP contribution is -2.15. The Morgan fingerprint density at radius 2 is 2.15 bits per heavy atom. The summed E-state index contributed by atoms with van der Waals surface area (Å²) in [6, 6.07) is 11.1. The first-order chi connectivity index (χ1) is 9.61. The van der Waals surface area contributed by atoms with Crippen molar-refractivity contribution in [2.45, 2.75) is 0 Å². The van der Waals surface area contributed by atoms with Crippen molar-refractivity contribution in [3.05, 3.63) is 52.1 Å². The molecule has 0 bridgehead atoms. The second kappa shape index (κ2) is 5.44. The Hall–Kier alpha value is -1.56. The predicted octanol–water partition coefficient (Wildman–Crippen LogP) is 4.72. The van der Waals surface area contributed by atoms with Gasteiger partial charge < -0.3 is 9.73 Å². The van der Waals surface area contributed by atoms with E-state index in [4.69, 9.17) is 28.2 Å². The number of thiocarbonyl (C=S) groups is 1. The standard InChI is InChI=1S/C14H8ClNO2S2/c15-9-3-1-2-8(6-9)11-5-4-10(18-11)7-12-13(19)16-14(17)20-12/h1-7H,(H,16,17,19). The zero-order valence-electron chi connectivity index (χ0n) is 10.1. The molecule has 1 aliphatic rings. The van der Waals surface area contributed by atoms with E-state index in [9.17, 15) is 4.79 Å². The summed E-state index contributed by atoms with van der Waals surface area (Å²) in [4.78, 5) is 12.3. The number of hydrogen-bond acceptors (Lipinski definition) is 4. The normalized spacial score (nSPS) is 16.8. The fraction of sp³-hybridized carbons (Fsp3) is 0. The average molecular weight is 322 g/mol. The highest BCUT2D eigenvalue weighted by Crippen LogP contribution is 2.29. The van der Waals surface area contributed by atoms with Crippen molar-refractivity contribution >= 4 is 51.9 Å². The molecule has 0 spiro atoms. The maximum Gasteiger partial charge on any atom is 0.289 e. The SMILES string of the molecule is O=C1NC(=S)C(=Cc2ccc(-c3cccc(Cl)c3)o2)S1. The number of furan rings is 1. The molecule has 100 valence electrons. The Balaban J connectivity index is 1.89. The van der Waals surface area contributed by atoms with E-state index in [-0.39, 0.29) is 5.24 Å². The number of halogens is 1. The molecular formula is C14H8ClNO2S2. The number of thioether (sulfide) groups is 1. The highest BCUT2D eigenvalue weighted by atomic mass is 35.5. The van der Waals surface area contributed by atoms with E-state index in [1.54, 1.807) is 6.08 Å². The first-order valence-corrected chi connectivity index (χ1v) is 7.33. The van der Waals surface area contributed by atoms with Gasteiger partial charge in [0.1, 0.15) is 16.5 Å². The van der Waals surface area contributed by atoms with Gasteiger partial charge in [-0.25, -0.2) is 0 Å². The molecule has 0 aliphatic carbocycles. The molecule has 0 radical (unpaired) electrons. The lowest BCUT2D eigenvalue weighted by atomic mass is 10.2. The summed E-state index contributed by atoms with van der Waals surface area (Å²) in [7, 11) is 0. The maximum atomic E-state index is 11.2. The van der Waals surface area contributed by atoms with Gasteiger partial charge in [-0.1, -0.05) is 36.0 Å². The Kier molecular flexibility index (Phi) is 3.65. The van der Waals surface area contributed by atoms with Crippen LogP contribution in [0.15, 0.2) is 45.7 Å². The molecule has 0 unspecified atom stereocenters. The Labute approximate surface area is 130 Å². The third-order valence-corrected chi connectivity index (χ3v) is 4.17. The van der Waals surface area contributed by atoms with Gasteiger partial charge in [-0.3, -0.25) is 4.79 Å². The number of carbonyl (C=O) groups excluding carboxylic acids is 1. The van der Waals surface area contributed by atoms with Gasteiger partial charge in [0.25, 0.3) is 5.24 Å². The number of carbonyl (C=O) groups is 1. The highest BCUT2D eigenvalue weighted by Gasteiger charge is 2.21. The highest BCUT2D eigenvalue weighted by molar-refractivity contribution is 8.19. The van der Waals surface area contributed by atoms with Crippen molar-refractivity contribution in [1.29, 1.82) is 0 Å². The van der Waals surface area contributed by atoms with Gasteiger partial charge >= 0.3 is 0 Å². The minimum absolute atomic E-state index is 0.164. The van der Waals surface area contributed by atoms with Crippen LogP contribution in [0.5, 0.6) is 0 Å². The first-order valence-electron chi connectivity index (χ1n) is 5.72. The van der Waals surface area contributed by atoms with E-state index in [0.29, 0.717) is 26.4 Å². The number of rotatable bonds is 2. The van der Waals surface area contributed by atoms with E-state index in [2.05, 4.69) is 5.32 Å². The van der Waals surface area contributed by atoms with E-state index in [1.165, 1.54) is 0 Å². The minimum atomic E-state index is -0.164. The quantitative estimate of drug-likeness (QED) is 0.641. The molecule has 0 saturated carbocycles. The van der Waals surface area contributed by atoms with Gasteiger partial charge in [0.05, 0.1) is 4.91 Å². The zero-order valence-corrected chi connectivity index (χ0v) is 12.4. The fourth-order valence-corrected chi connectivity index (χ4v) is 2.98. The van der Waals surface area contributed by atoms with Crippen LogP contribution in [0.2, 0.25) is 5.02 Å². The summed E-state index contributed by atoms with van der Waals surface area (Å²) in [5.41, 5.74) is 0.901. The van der Waals surface area contributed by atoms with Gasteiger partial charge in [-0.05, 0) is 42.1 Å². The Morgan fingerprint density at radius 3 is 2.85 bits per heavy atom. The van der Waals surface area contributed by atoms with Crippen LogP contribution in [-0.2, 0) is 0 Å². The van der Waals surface area contributed by atoms with Gasteiger partial charge in [-0.15, -0.1) is 0 Å². The second-order valence-electron chi connectivity index (χ2n) is 4.06. The lowest BCUT2D eigenvalue weighted by Gasteiger charge is -1.97. The summed E-state index contributed by atoms with van der Waals surface area (Å²) < 4.78 is 5.72. The summed E-state index contributed by atoms with van der Waals surface area (Å²) in [5, 5.41) is 3.05. The van der Waals surface area contributed by atoms with Crippen LogP contribution >= 0.6 is 35.6 Å². The number of benzene rings is 1. The maximum absolute atomic E-state index is 11.2. The largest absolute Gasteiger partial charge is 0.457 e. The molecule has 3 nitrogen and oxygen atoms in total. The number of nitrogens with one attached hydrogen (secondary N) is 1. The minimum Gasteiger partial charge on any atom is -0.457 e. The molecule has 1 aromatic heterocycles. The molecule has 3 rings (SSSR count). The smallest absolute Gasteiger partial charge is 0.289 e. The molecule has 2 heterocycles. The van der Waals surface area contributed by atoms with Crippen LogP contribution in [0.4, 0.5) is 4.79 Å². The van der Waals surface area contributed by atoms with Crippen LogP contribution in [0.25, 0.3) is 17.4 Å². The topological polar surface area (TPSA) is 42.2 Å². The van der Waals surface area contributed by atoms with Crippen molar-refractivity contribution < 1.29 is 9.21 Å². The number of amides is 1. The van der Waals surface area contributed by atoms with E-state index in [0.717, 1.165) is 17.3 Å². The van der Waals surface area contributed by atoms with Gasteiger partial charge in [0.15, 0.2) is 0 Å². The molecule has 6 heteroatoms. The predicted molar refractivity (Wildman–Crippen MR) is 85.9 cm³/mol. The van der Waals surface area contributed by atoms with Gasteiger partial charge in [0.2, 0.25) is 0 Å². The second-order valence-corrected chi connectivity index (χ2v) is 5.92. The molecule has 1 fully saturated rings. The Bertz CT molecular complexity index is 736. The van der Waals surface area contributed by atoms with Crippen LogP contribution in [-0.4, -0.2) is 10.2 Å². The van der Waals surface area contributed by atoms with Crippen LogP contribution in [0, 0.1) is 0 Å². The molecular weight excluding hydrogens is 314 g/mol. The molecule has 1 aliphatic heterocycles. The third-order valence-electron chi connectivity index (χ3n) is 2.65. The van der Waals surface area contributed by atoms with Crippen LogP contribution in [0.3, 0.4) is 0 Å². The van der Waals surface area contributed by atoms with Crippen LogP contribution < -0.4 is 5.32 Å². The van der Waals surface area contributed by atoms with Crippen molar-refractivity contribution in [2.24, 2.45) is 0 Å². The molecule has 1 aromatic carbocycles. The molecule has 1 N–H and O–H groups in total. The van der Waals surface area contributed by atoms with Gasteiger partial charge in [0, 0.05) is 10.6 Å². The van der Waals surface area contributed by atoms with Gasteiger partial charge in [-0.2, -0.15) is 0 Å². The summed E-state index contributed by atoms with van der Waals surface area (Å²) in [6.07, 6.45) is 1.75. The molecule has 1 saturated heterocycles. The first kappa shape index (κ1) is 13.4. The average Bonchev–Trinajstić information content (AvgIpc) is 2.97. The fourth-order valence-electron chi connectivity index (χ4n) is 1.78. The van der Waals surface area contributed by atoms with E-state index >= 15 is 0 Å². The van der Waals surface area contributed by atoms with Crippen molar-refractivity contribution in [1.82, 2.24) is 5.32 Å². The van der Waals surface area contributed by atoms with Crippen molar-refractivity contribution in [2.75, 3.05) is 0 Å². The van der Waals surface area contributed by atoms with Crippen molar-refractivity contribution in [3.8, 4) is 11.3 Å².